The smallest absolute Gasteiger partial charge is 0.250 e. The monoisotopic (exact) mass is 692 g/mol. The number of ketones is 3. The number of unbranched alkanes of at least 4 members (excludes halogenated alkanes) is 3. The summed E-state index contributed by atoms with van der Waals surface area (Å²) in [5, 5.41) is -0.514. The van der Waals surface area contributed by atoms with Crippen molar-refractivity contribution in [1.82, 2.24) is 0 Å². The molecule has 2 atom stereocenters. The normalized spacial score (nSPS) is 28.4. The van der Waals surface area contributed by atoms with Crippen LogP contribution < -0.4 is 0 Å². The van der Waals surface area contributed by atoms with Crippen LogP contribution >= 0.6 is 0 Å². The average Bonchev–Trinajstić information content (AvgIpc) is 2.99. The summed E-state index contributed by atoms with van der Waals surface area (Å²) in [6, 6.07) is 0. The first-order valence-electron chi connectivity index (χ1n) is 18.0. The van der Waals surface area contributed by atoms with E-state index < -0.39 is 34.5 Å². The summed E-state index contributed by atoms with van der Waals surface area (Å²) in [6.45, 7) is 15.3. The number of ether oxygens (including phenoxy) is 1. The summed E-state index contributed by atoms with van der Waals surface area (Å²) in [4.78, 5) is 36.0. The first-order valence-corrected chi connectivity index (χ1v) is 21.8. The van der Waals surface area contributed by atoms with Gasteiger partial charge in [0, 0.05) is 24.8 Å². The fraction of sp³-hybridized carbons (Fsp3) is 0.750. The van der Waals surface area contributed by atoms with Crippen molar-refractivity contribution in [1.29, 1.82) is 0 Å². The number of carbonyl (C=O) groups is 3. The minimum Gasteiger partial charge on any atom is -0.552 e. The highest BCUT2D eigenvalue weighted by Crippen LogP contribution is 2.59. The highest BCUT2D eigenvalue weighted by Gasteiger charge is 2.63. The third-order valence-corrected chi connectivity index (χ3v) is 19.2. The van der Waals surface area contributed by atoms with Gasteiger partial charge in [0.1, 0.15) is 0 Å². The summed E-state index contributed by atoms with van der Waals surface area (Å²) in [7, 11) is -4.15. The van der Waals surface area contributed by atoms with E-state index in [0.717, 1.165) is 31.6 Å². The molecule has 0 aromatic carbocycles. The molecule has 2 rings (SSSR count). The van der Waals surface area contributed by atoms with Gasteiger partial charge in [-0.1, -0.05) is 65.2 Å². The SMILES string of the molecule is CCCCCCC1CCC([C@H]2CCC[C@](OCCC)([SiH2]OC(C)=CC(C)=O)C2([SiH2]OC(C)=CC(C)=O)[SiH2]OC(C)=CC(C)=O)CC1. The first-order chi connectivity index (χ1) is 21.9. The summed E-state index contributed by atoms with van der Waals surface area (Å²) in [5.74, 6) is 3.62. The number of carbonyl (C=O) groups excluding carboxylic acids is 3. The molecule has 0 heterocycles. The number of rotatable bonds is 21. The molecule has 0 spiro atoms. The maximum atomic E-state index is 12.0. The fourth-order valence-electron chi connectivity index (χ4n) is 7.89. The summed E-state index contributed by atoms with van der Waals surface area (Å²) in [6.07, 6.45) is 20.3. The number of hydrogen-bond acceptors (Lipinski definition) is 7. The van der Waals surface area contributed by atoms with Gasteiger partial charge in [-0.2, -0.15) is 0 Å². The molecule has 0 aliphatic heterocycles. The molecule has 10 heteroatoms. The zero-order valence-corrected chi connectivity index (χ0v) is 34.6. The number of allylic oxidation sites excluding steroid dienone is 6. The number of hydrogen-bond donors (Lipinski definition) is 0. The highest BCUT2D eigenvalue weighted by molar-refractivity contribution is 6.60. The Balaban J connectivity index is 2.61. The van der Waals surface area contributed by atoms with E-state index in [1.165, 1.54) is 57.8 Å². The van der Waals surface area contributed by atoms with Crippen LogP contribution in [0.5, 0.6) is 0 Å². The molecule has 0 aromatic heterocycles. The third kappa shape index (κ3) is 12.7. The zero-order valence-electron chi connectivity index (χ0n) is 30.3. The molecule has 0 aromatic rings. The third-order valence-electron chi connectivity index (χ3n) is 10.1. The van der Waals surface area contributed by atoms with Crippen LogP contribution in [0.3, 0.4) is 0 Å². The van der Waals surface area contributed by atoms with Crippen LogP contribution in [0.15, 0.2) is 35.5 Å². The average molecular weight is 693 g/mol. The van der Waals surface area contributed by atoms with Gasteiger partial charge < -0.3 is 18.0 Å². The molecule has 262 valence electrons. The van der Waals surface area contributed by atoms with E-state index in [2.05, 4.69) is 13.8 Å². The predicted molar refractivity (Wildman–Crippen MR) is 195 cm³/mol. The molecular weight excluding hydrogens is 629 g/mol. The lowest BCUT2D eigenvalue weighted by atomic mass is 9.68. The van der Waals surface area contributed by atoms with Crippen LogP contribution in [-0.2, 0) is 32.4 Å². The van der Waals surface area contributed by atoms with Crippen molar-refractivity contribution < 1.29 is 32.4 Å². The van der Waals surface area contributed by atoms with Gasteiger partial charge in [0.25, 0.3) is 9.76 Å². The second-order valence-corrected chi connectivity index (χ2v) is 20.5. The Bertz CT molecular complexity index is 1040. The van der Waals surface area contributed by atoms with Crippen LogP contribution in [0.1, 0.15) is 139 Å². The molecule has 2 saturated carbocycles. The van der Waals surface area contributed by atoms with Gasteiger partial charge >= 0.3 is 0 Å². The standard InChI is InChI=1S/C36H64O7Si3/c1-9-11-12-13-15-32-17-19-33(20-18-32)34-16-14-21-35(40-22-10-2,44-41-29(6)23-26(3)37)36(34,45-42-30(7)24-27(4)38)46-43-31(8)25-28(5)39/h23-25,32-34H,9-22,44-46H2,1-8H3/t32?,33?,34-,35+,36?/m1/s1. The lowest BCUT2D eigenvalue weighted by Gasteiger charge is -2.58. The second-order valence-electron chi connectivity index (χ2n) is 14.1. The Morgan fingerprint density at radius 1 is 0.674 bits per heavy atom. The predicted octanol–water partition coefficient (Wildman–Crippen LogP) is 6.58. The van der Waals surface area contributed by atoms with Gasteiger partial charge in [-0.15, -0.1) is 0 Å². The van der Waals surface area contributed by atoms with E-state index >= 15 is 0 Å². The molecule has 7 nitrogen and oxygen atoms in total. The molecule has 0 radical (unpaired) electrons. The largest absolute Gasteiger partial charge is 0.552 e. The second kappa shape index (κ2) is 20.6. The maximum absolute atomic E-state index is 12.0. The van der Waals surface area contributed by atoms with Crippen LogP contribution in [0.2, 0.25) is 4.66 Å². The zero-order chi connectivity index (χ0) is 34.2. The van der Waals surface area contributed by atoms with Crippen molar-refractivity contribution in [3.63, 3.8) is 0 Å². The lowest BCUT2D eigenvalue weighted by molar-refractivity contribution is -0.113. The van der Waals surface area contributed by atoms with E-state index in [-0.39, 0.29) is 22.0 Å². The topological polar surface area (TPSA) is 88.1 Å². The Labute approximate surface area is 286 Å². The molecule has 2 aliphatic carbocycles. The summed E-state index contributed by atoms with van der Waals surface area (Å²) in [5.41, 5.74) is 0. The quantitative estimate of drug-likeness (QED) is 0.0581. The molecule has 46 heavy (non-hydrogen) atoms. The van der Waals surface area contributed by atoms with Crippen LogP contribution in [0.4, 0.5) is 0 Å². The van der Waals surface area contributed by atoms with Gasteiger partial charge in [-0.3, -0.25) is 14.4 Å². The molecule has 0 bridgehead atoms. The van der Waals surface area contributed by atoms with Gasteiger partial charge in [0.05, 0.1) is 27.2 Å². The lowest BCUT2D eigenvalue weighted by Crippen LogP contribution is -2.63. The fourth-order valence-corrected chi connectivity index (χ4v) is 15.5. The van der Waals surface area contributed by atoms with Gasteiger partial charge in [-0.25, -0.2) is 0 Å². The van der Waals surface area contributed by atoms with E-state index in [0.29, 0.717) is 35.7 Å². The Kier molecular flexibility index (Phi) is 18.1. The minimum atomic E-state index is -1.39. The van der Waals surface area contributed by atoms with E-state index in [4.69, 9.17) is 18.0 Å². The van der Waals surface area contributed by atoms with Crippen LogP contribution in [-0.4, -0.2) is 58.5 Å². The van der Waals surface area contributed by atoms with Gasteiger partial charge in [-0.05, 0) is 91.4 Å². The van der Waals surface area contributed by atoms with Crippen LogP contribution in [0, 0.1) is 17.8 Å². The van der Waals surface area contributed by atoms with Crippen molar-refractivity contribution in [2.75, 3.05) is 6.61 Å². The van der Waals surface area contributed by atoms with E-state index in [1.807, 2.05) is 20.8 Å². The molecule has 2 fully saturated rings. The Morgan fingerprint density at radius 2 is 1.20 bits per heavy atom. The summed E-state index contributed by atoms with van der Waals surface area (Å²) >= 11 is 0. The molecule has 2 aliphatic rings. The van der Waals surface area contributed by atoms with E-state index in [9.17, 15) is 14.4 Å². The van der Waals surface area contributed by atoms with E-state index in [1.54, 1.807) is 39.0 Å². The van der Waals surface area contributed by atoms with Crippen LogP contribution in [0.25, 0.3) is 0 Å². The Hall–Kier alpha value is -1.76. The Morgan fingerprint density at radius 3 is 1.67 bits per heavy atom. The molecule has 0 N–H and O–H groups in total. The van der Waals surface area contributed by atoms with Crippen molar-refractivity contribution >= 4 is 46.6 Å². The summed E-state index contributed by atoms with van der Waals surface area (Å²) < 4.78 is 26.7. The molecular formula is C36H64O7Si3. The molecule has 0 saturated heterocycles. The van der Waals surface area contributed by atoms with Crippen molar-refractivity contribution in [2.24, 2.45) is 17.8 Å². The molecule has 0 unspecified atom stereocenters. The minimum absolute atomic E-state index is 0.0251. The first kappa shape index (κ1) is 40.4. The maximum Gasteiger partial charge on any atom is 0.250 e. The van der Waals surface area contributed by atoms with Crippen molar-refractivity contribution in [2.45, 2.75) is 149 Å². The van der Waals surface area contributed by atoms with Crippen molar-refractivity contribution in [3.8, 4) is 0 Å². The highest BCUT2D eigenvalue weighted by atomic mass is 28.3. The van der Waals surface area contributed by atoms with Gasteiger partial charge in [0.2, 0.25) is 19.5 Å². The van der Waals surface area contributed by atoms with Crippen molar-refractivity contribution in [3.05, 3.63) is 35.5 Å². The molecule has 0 amide bonds. The van der Waals surface area contributed by atoms with Gasteiger partial charge in [0.15, 0.2) is 17.3 Å².